The Hall–Kier alpha value is -1.62. The Morgan fingerprint density at radius 3 is 2.95 bits per heavy atom. The minimum Gasteiger partial charge on any atom is -0.394 e. The SMILES string of the molecule is O=C(CCn1ccccc1=O)N1CCCCC1CO. The van der Waals surface area contributed by atoms with Crippen molar-refractivity contribution in [3.63, 3.8) is 0 Å². The van der Waals surface area contributed by atoms with E-state index in [2.05, 4.69) is 0 Å². The van der Waals surface area contributed by atoms with Crippen LogP contribution in [0.15, 0.2) is 29.2 Å². The summed E-state index contributed by atoms with van der Waals surface area (Å²) >= 11 is 0. The van der Waals surface area contributed by atoms with E-state index in [1.807, 2.05) is 0 Å². The summed E-state index contributed by atoms with van der Waals surface area (Å²) < 4.78 is 1.54. The zero-order valence-corrected chi connectivity index (χ0v) is 11.0. The van der Waals surface area contributed by atoms with Crippen LogP contribution in [0.1, 0.15) is 25.7 Å². The lowest BCUT2D eigenvalue weighted by Gasteiger charge is -2.34. The Labute approximate surface area is 112 Å². The Bertz CT molecular complexity index is 484. The average Bonchev–Trinajstić information content (AvgIpc) is 2.46. The number of carbonyl (C=O) groups is 1. The molecule has 1 aliphatic heterocycles. The van der Waals surface area contributed by atoms with E-state index in [0.717, 1.165) is 19.3 Å². The number of aromatic nitrogens is 1. The molecule has 19 heavy (non-hydrogen) atoms. The maximum Gasteiger partial charge on any atom is 0.250 e. The van der Waals surface area contributed by atoms with Crippen molar-refractivity contribution in [3.05, 3.63) is 34.7 Å². The number of pyridine rings is 1. The van der Waals surface area contributed by atoms with Crippen LogP contribution in [0, 0.1) is 0 Å². The van der Waals surface area contributed by atoms with E-state index in [4.69, 9.17) is 0 Å². The van der Waals surface area contributed by atoms with Crippen LogP contribution in [0.4, 0.5) is 0 Å². The molecule has 1 aliphatic rings. The fourth-order valence-electron chi connectivity index (χ4n) is 2.52. The quantitative estimate of drug-likeness (QED) is 0.866. The Morgan fingerprint density at radius 2 is 2.21 bits per heavy atom. The highest BCUT2D eigenvalue weighted by molar-refractivity contribution is 5.76. The highest BCUT2D eigenvalue weighted by Crippen LogP contribution is 2.17. The third-order valence-corrected chi connectivity index (χ3v) is 3.62. The van der Waals surface area contributed by atoms with Crippen LogP contribution in [-0.4, -0.2) is 39.7 Å². The standard InChI is InChI=1S/C14H20N2O3/c17-11-12-5-1-4-9-16(12)14(19)7-10-15-8-3-2-6-13(15)18/h2-3,6,8,12,17H,1,4-5,7,9-11H2. The fraction of sp³-hybridized carbons (Fsp3) is 0.571. The molecule has 5 nitrogen and oxygen atoms in total. The first-order valence-corrected chi connectivity index (χ1v) is 6.78. The lowest BCUT2D eigenvalue weighted by molar-refractivity contribution is -0.136. The van der Waals surface area contributed by atoms with Crippen molar-refractivity contribution in [3.8, 4) is 0 Å². The van der Waals surface area contributed by atoms with Gasteiger partial charge in [-0.05, 0) is 25.3 Å². The number of hydrogen-bond acceptors (Lipinski definition) is 3. The van der Waals surface area contributed by atoms with Gasteiger partial charge in [0.25, 0.3) is 5.56 Å². The molecule has 104 valence electrons. The highest BCUT2D eigenvalue weighted by Gasteiger charge is 2.25. The maximum atomic E-state index is 12.2. The second kappa shape index (κ2) is 6.52. The molecule has 1 unspecified atom stereocenters. The van der Waals surface area contributed by atoms with Gasteiger partial charge in [0.1, 0.15) is 0 Å². The molecule has 0 saturated carbocycles. The van der Waals surface area contributed by atoms with Gasteiger partial charge in [-0.3, -0.25) is 9.59 Å². The minimum absolute atomic E-state index is 0.0227. The van der Waals surface area contributed by atoms with E-state index in [1.54, 1.807) is 23.2 Å². The number of likely N-dealkylation sites (tertiary alicyclic amines) is 1. The molecule has 1 fully saturated rings. The van der Waals surface area contributed by atoms with Gasteiger partial charge in [-0.25, -0.2) is 0 Å². The third-order valence-electron chi connectivity index (χ3n) is 3.62. The number of nitrogens with zero attached hydrogens (tertiary/aromatic N) is 2. The van der Waals surface area contributed by atoms with Gasteiger partial charge in [0.2, 0.25) is 5.91 Å². The lowest BCUT2D eigenvalue weighted by Crippen LogP contribution is -2.46. The predicted molar refractivity (Wildman–Crippen MR) is 71.8 cm³/mol. The van der Waals surface area contributed by atoms with Gasteiger partial charge in [0.15, 0.2) is 0 Å². The largest absolute Gasteiger partial charge is 0.394 e. The summed E-state index contributed by atoms with van der Waals surface area (Å²) in [6.45, 7) is 1.14. The first kappa shape index (κ1) is 13.8. The van der Waals surface area contributed by atoms with Crippen LogP contribution in [0.3, 0.4) is 0 Å². The van der Waals surface area contributed by atoms with Gasteiger partial charge in [0, 0.05) is 31.8 Å². The van der Waals surface area contributed by atoms with Crippen molar-refractivity contribution in [2.45, 2.75) is 38.3 Å². The third kappa shape index (κ3) is 3.44. The first-order valence-electron chi connectivity index (χ1n) is 6.78. The maximum absolute atomic E-state index is 12.2. The number of amides is 1. The summed E-state index contributed by atoms with van der Waals surface area (Å²) in [5.41, 5.74) is -0.0901. The van der Waals surface area contributed by atoms with E-state index in [0.29, 0.717) is 19.5 Å². The molecular formula is C14H20N2O3. The number of piperidine rings is 1. The van der Waals surface area contributed by atoms with E-state index < -0.39 is 0 Å². The van der Waals surface area contributed by atoms with Crippen LogP contribution in [0.25, 0.3) is 0 Å². The predicted octanol–water partition coefficient (Wildman–Crippen LogP) is 0.612. The lowest BCUT2D eigenvalue weighted by atomic mass is 10.0. The Morgan fingerprint density at radius 1 is 1.37 bits per heavy atom. The van der Waals surface area contributed by atoms with Gasteiger partial charge >= 0.3 is 0 Å². The van der Waals surface area contributed by atoms with Gasteiger partial charge in [-0.15, -0.1) is 0 Å². The minimum atomic E-state index is -0.0901. The first-order chi connectivity index (χ1) is 9.22. The molecule has 1 amide bonds. The number of carbonyl (C=O) groups excluding carboxylic acids is 1. The summed E-state index contributed by atoms with van der Waals surface area (Å²) in [5.74, 6) is 0.0227. The van der Waals surface area contributed by atoms with Crippen LogP contribution >= 0.6 is 0 Å². The molecular weight excluding hydrogens is 244 g/mol. The molecule has 1 atom stereocenters. The summed E-state index contributed by atoms with van der Waals surface area (Å²) in [7, 11) is 0. The average molecular weight is 264 g/mol. The fourth-order valence-corrected chi connectivity index (χ4v) is 2.52. The molecule has 0 aliphatic carbocycles. The van der Waals surface area contributed by atoms with Crippen LogP contribution in [0.5, 0.6) is 0 Å². The van der Waals surface area contributed by atoms with E-state index in [1.165, 1.54) is 10.6 Å². The second-order valence-electron chi connectivity index (χ2n) is 4.90. The van der Waals surface area contributed by atoms with Gasteiger partial charge in [-0.1, -0.05) is 6.07 Å². The Kier molecular flexibility index (Phi) is 4.74. The molecule has 1 aromatic heterocycles. The molecule has 1 saturated heterocycles. The van der Waals surface area contributed by atoms with Crippen molar-refractivity contribution in [1.29, 1.82) is 0 Å². The smallest absolute Gasteiger partial charge is 0.250 e. The van der Waals surface area contributed by atoms with Gasteiger partial charge in [0.05, 0.1) is 12.6 Å². The molecule has 5 heteroatoms. The summed E-state index contributed by atoms with van der Waals surface area (Å²) in [4.78, 5) is 25.4. The zero-order chi connectivity index (χ0) is 13.7. The Balaban J connectivity index is 1.94. The molecule has 0 aromatic carbocycles. The molecule has 0 spiro atoms. The molecule has 0 bridgehead atoms. The second-order valence-corrected chi connectivity index (χ2v) is 4.90. The van der Waals surface area contributed by atoms with Crippen LogP contribution in [-0.2, 0) is 11.3 Å². The van der Waals surface area contributed by atoms with Crippen molar-refractivity contribution in [2.24, 2.45) is 0 Å². The normalized spacial score (nSPS) is 19.4. The zero-order valence-electron chi connectivity index (χ0n) is 11.0. The molecule has 1 aromatic rings. The van der Waals surface area contributed by atoms with Crippen LogP contribution < -0.4 is 5.56 Å². The number of hydrogen-bond donors (Lipinski definition) is 1. The van der Waals surface area contributed by atoms with E-state index >= 15 is 0 Å². The van der Waals surface area contributed by atoms with E-state index in [9.17, 15) is 14.7 Å². The monoisotopic (exact) mass is 264 g/mol. The molecule has 2 rings (SSSR count). The van der Waals surface area contributed by atoms with E-state index in [-0.39, 0.29) is 24.1 Å². The van der Waals surface area contributed by atoms with Gasteiger partial charge < -0.3 is 14.6 Å². The number of aliphatic hydroxyl groups is 1. The highest BCUT2D eigenvalue weighted by atomic mass is 16.3. The summed E-state index contributed by atoms with van der Waals surface area (Å²) in [6.07, 6.45) is 4.92. The molecule has 0 radical (unpaired) electrons. The van der Waals surface area contributed by atoms with Crippen molar-refractivity contribution in [2.75, 3.05) is 13.2 Å². The number of aliphatic hydroxyl groups excluding tert-OH is 1. The van der Waals surface area contributed by atoms with Gasteiger partial charge in [-0.2, -0.15) is 0 Å². The van der Waals surface area contributed by atoms with Crippen molar-refractivity contribution in [1.82, 2.24) is 9.47 Å². The number of rotatable bonds is 4. The summed E-state index contributed by atoms with van der Waals surface area (Å²) in [5, 5.41) is 9.29. The summed E-state index contributed by atoms with van der Waals surface area (Å²) in [6, 6.07) is 4.91. The molecule has 1 N–H and O–H groups in total. The van der Waals surface area contributed by atoms with Crippen molar-refractivity contribution < 1.29 is 9.90 Å². The van der Waals surface area contributed by atoms with Crippen molar-refractivity contribution >= 4 is 5.91 Å². The molecule has 2 heterocycles. The number of aryl methyl sites for hydroxylation is 1. The topological polar surface area (TPSA) is 62.5 Å². The van der Waals surface area contributed by atoms with Crippen LogP contribution in [0.2, 0.25) is 0 Å².